The van der Waals surface area contributed by atoms with Crippen LogP contribution in [0.2, 0.25) is 0 Å². The minimum absolute atomic E-state index is 0.479. The van der Waals surface area contributed by atoms with E-state index in [1.54, 1.807) is 11.3 Å². The van der Waals surface area contributed by atoms with Gasteiger partial charge in [-0.2, -0.15) is 0 Å². The molecule has 3 nitrogen and oxygen atoms in total. The lowest BCUT2D eigenvalue weighted by Crippen LogP contribution is -2.13. The highest BCUT2D eigenvalue weighted by Crippen LogP contribution is 2.23. The van der Waals surface area contributed by atoms with Crippen molar-refractivity contribution in [3.05, 3.63) is 45.4 Å². The molecule has 114 valence electrons. The van der Waals surface area contributed by atoms with Crippen LogP contribution in [0, 0.1) is 6.92 Å². The number of benzene rings is 1. The van der Waals surface area contributed by atoms with Gasteiger partial charge in [-0.15, -0.1) is 11.3 Å². The predicted octanol–water partition coefficient (Wildman–Crippen LogP) is 4.26. The first-order chi connectivity index (χ1) is 10.1. The van der Waals surface area contributed by atoms with Crippen LogP contribution in [0.5, 0.6) is 5.75 Å². The molecule has 0 atom stereocenters. The highest BCUT2D eigenvalue weighted by Gasteiger charge is 2.08. The molecule has 1 N–H and O–H groups in total. The molecule has 1 heterocycles. The summed E-state index contributed by atoms with van der Waals surface area (Å²) >= 11 is 1.71. The van der Waals surface area contributed by atoms with Gasteiger partial charge in [-0.3, -0.25) is 0 Å². The Bertz CT molecular complexity index is 578. The number of thiazole rings is 1. The van der Waals surface area contributed by atoms with E-state index in [2.05, 4.69) is 61.6 Å². The highest BCUT2D eigenvalue weighted by molar-refractivity contribution is 7.09. The van der Waals surface area contributed by atoms with Gasteiger partial charge in [-0.1, -0.05) is 38.5 Å². The van der Waals surface area contributed by atoms with Gasteiger partial charge in [-0.25, -0.2) is 4.98 Å². The van der Waals surface area contributed by atoms with Crippen LogP contribution in [0.25, 0.3) is 0 Å². The van der Waals surface area contributed by atoms with Crippen molar-refractivity contribution < 1.29 is 4.74 Å². The largest absolute Gasteiger partial charge is 0.487 e. The summed E-state index contributed by atoms with van der Waals surface area (Å²) in [4.78, 5) is 4.61. The Morgan fingerprint density at radius 1 is 1.33 bits per heavy atom. The van der Waals surface area contributed by atoms with E-state index in [0.29, 0.717) is 12.5 Å². The molecule has 0 saturated heterocycles. The zero-order valence-electron chi connectivity index (χ0n) is 13.3. The first-order valence-corrected chi connectivity index (χ1v) is 8.35. The fraction of sp³-hybridized carbons (Fsp3) is 0.471. The zero-order valence-corrected chi connectivity index (χ0v) is 14.1. The van der Waals surface area contributed by atoms with Crippen molar-refractivity contribution in [1.82, 2.24) is 10.3 Å². The van der Waals surface area contributed by atoms with Crippen LogP contribution in [0.3, 0.4) is 0 Å². The molecule has 21 heavy (non-hydrogen) atoms. The molecule has 1 aromatic carbocycles. The maximum absolute atomic E-state index is 5.97. The van der Waals surface area contributed by atoms with Crippen molar-refractivity contribution in [2.24, 2.45) is 0 Å². The van der Waals surface area contributed by atoms with E-state index < -0.39 is 0 Å². The normalized spacial score (nSPS) is 11.1. The molecule has 2 rings (SSSR count). The molecule has 0 aliphatic rings. The molecular formula is C17H24N2OS. The first-order valence-electron chi connectivity index (χ1n) is 7.47. The quantitative estimate of drug-likeness (QED) is 0.829. The average Bonchev–Trinajstić information content (AvgIpc) is 2.93. The number of ether oxygens (including phenoxy) is 1. The van der Waals surface area contributed by atoms with Gasteiger partial charge in [0.1, 0.15) is 12.4 Å². The second-order valence-electron chi connectivity index (χ2n) is 5.51. The molecule has 1 aromatic heterocycles. The van der Waals surface area contributed by atoms with Gasteiger partial charge in [0.2, 0.25) is 0 Å². The lowest BCUT2D eigenvalue weighted by Gasteiger charge is -2.12. The van der Waals surface area contributed by atoms with Crippen LogP contribution < -0.4 is 10.1 Å². The molecule has 0 fully saturated rings. The van der Waals surface area contributed by atoms with E-state index in [-0.39, 0.29) is 0 Å². The van der Waals surface area contributed by atoms with Gasteiger partial charge in [0.25, 0.3) is 0 Å². The Labute approximate surface area is 131 Å². The van der Waals surface area contributed by atoms with Crippen molar-refractivity contribution in [2.45, 2.75) is 46.8 Å². The molecule has 0 radical (unpaired) electrons. The van der Waals surface area contributed by atoms with E-state index in [4.69, 9.17) is 4.74 Å². The van der Waals surface area contributed by atoms with Gasteiger partial charge in [0.15, 0.2) is 0 Å². The lowest BCUT2D eigenvalue weighted by molar-refractivity contribution is 0.298. The molecule has 0 bridgehead atoms. The Morgan fingerprint density at radius 3 is 2.81 bits per heavy atom. The summed E-state index contributed by atoms with van der Waals surface area (Å²) in [7, 11) is 0. The Kier molecular flexibility index (Phi) is 5.76. The number of nitrogens with one attached hydrogen (secondary N) is 1. The van der Waals surface area contributed by atoms with E-state index in [0.717, 1.165) is 24.5 Å². The Balaban J connectivity index is 2.04. The summed E-state index contributed by atoms with van der Waals surface area (Å²) in [5.74, 6) is 1.42. The van der Waals surface area contributed by atoms with Gasteiger partial charge in [-0.05, 0) is 19.5 Å². The third-order valence-corrected chi connectivity index (χ3v) is 4.41. The molecule has 0 aliphatic carbocycles. The van der Waals surface area contributed by atoms with Gasteiger partial charge < -0.3 is 10.1 Å². The molecule has 0 unspecified atom stereocenters. The first kappa shape index (κ1) is 16.0. The summed E-state index contributed by atoms with van der Waals surface area (Å²) in [6.07, 6.45) is 0. The third kappa shape index (κ3) is 4.55. The molecule has 0 spiro atoms. The van der Waals surface area contributed by atoms with Crippen LogP contribution >= 0.6 is 11.3 Å². The fourth-order valence-electron chi connectivity index (χ4n) is 2.05. The van der Waals surface area contributed by atoms with Crippen molar-refractivity contribution in [3.8, 4) is 5.75 Å². The number of nitrogens with zero attached hydrogens (tertiary/aromatic N) is 1. The fourth-order valence-corrected chi connectivity index (χ4v) is 2.87. The lowest BCUT2D eigenvalue weighted by atomic mass is 10.1. The Morgan fingerprint density at radius 2 is 2.14 bits per heavy atom. The van der Waals surface area contributed by atoms with Crippen molar-refractivity contribution in [2.75, 3.05) is 6.54 Å². The van der Waals surface area contributed by atoms with Crippen molar-refractivity contribution in [3.63, 3.8) is 0 Å². The molecule has 0 aliphatic heterocycles. The molecule has 0 saturated carbocycles. The number of aromatic nitrogens is 1. The smallest absolute Gasteiger partial charge is 0.131 e. The van der Waals surface area contributed by atoms with Gasteiger partial charge >= 0.3 is 0 Å². The summed E-state index contributed by atoms with van der Waals surface area (Å²) < 4.78 is 5.97. The third-order valence-electron chi connectivity index (χ3n) is 3.22. The summed E-state index contributed by atoms with van der Waals surface area (Å²) in [6, 6.07) is 6.32. The number of aryl methyl sites for hydroxylation is 1. The molecular weight excluding hydrogens is 280 g/mol. The van der Waals surface area contributed by atoms with Crippen molar-refractivity contribution >= 4 is 11.3 Å². The minimum Gasteiger partial charge on any atom is -0.487 e. The zero-order chi connectivity index (χ0) is 15.2. The molecule has 4 heteroatoms. The molecule has 0 amide bonds. The van der Waals surface area contributed by atoms with Crippen molar-refractivity contribution in [1.29, 1.82) is 0 Å². The summed E-state index contributed by atoms with van der Waals surface area (Å²) in [5.41, 5.74) is 3.47. The minimum atomic E-state index is 0.479. The van der Waals surface area contributed by atoms with Gasteiger partial charge in [0.05, 0.1) is 10.7 Å². The summed E-state index contributed by atoms with van der Waals surface area (Å²) in [6.45, 7) is 10.9. The van der Waals surface area contributed by atoms with Crippen LogP contribution in [-0.4, -0.2) is 11.5 Å². The SMILES string of the molecule is CCNCc1cc(C)ccc1OCc1csc(C(C)C)n1. The van der Waals surface area contributed by atoms with E-state index >= 15 is 0 Å². The topological polar surface area (TPSA) is 34.1 Å². The van der Waals surface area contributed by atoms with E-state index in [1.807, 2.05) is 0 Å². The second-order valence-corrected chi connectivity index (χ2v) is 6.40. The van der Waals surface area contributed by atoms with Crippen LogP contribution in [0.1, 0.15) is 48.5 Å². The predicted molar refractivity (Wildman–Crippen MR) is 89.1 cm³/mol. The standard InChI is InChI=1S/C17H24N2OS/c1-5-18-9-14-8-13(4)6-7-16(14)20-10-15-11-21-17(19-15)12(2)3/h6-8,11-12,18H,5,9-10H2,1-4H3. The second kappa shape index (κ2) is 7.57. The molecule has 2 aromatic rings. The number of hydrogen-bond acceptors (Lipinski definition) is 4. The van der Waals surface area contributed by atoms with Gasteiger partial charge in [0, 0.05) is 23.4 Å². The average molecular weight is 304 g/mol. The van der Waals surface area contributed by atoms with Crippen LogP contribution in [0.4, 0.5) is 0 Å². The van der Waals surface area contributed by atoms with E-state index in [9.17, 15) is 0 Å². The summed E-state index contributed by atoms with van der Waals surface area (Å²) in [5, 5.41) is 6.62. The maximum atomic E-state index is 5.97. The highest BCUT2D eigenvalue weighted by atomic mass is 32.1. The number of rotatable bonds is 7. The van der Waals surface area contributed by atoms with Crippen LogP contribution in [0.15, 0.2) is 23.6 Å². The number of hydrogen-bond donors (Lipinski definition) is 1. The maximum Gasteiger partial charge on any atom is 0.131 e. The van der Waals surface area contributed by atoms with Crippen LogP contribution in [-0.2, 0) is 13.2 Å². The van der Waals surface area contributed by atoms with E-state index in [1.165, 1.54) is 16.1 Å². The monoisotopic (exact) mass is 304 g/mol. The Hall–Kier alpha value is -1.39.